The fourth-order valence-electron chi connectivity index (χ4n) is 2.10. The normalized spacial score (nSPS) is 25.4. The van der Waals surface area contributed by atoms with Gasteiger partial charge in [-0.2, -0.15) is 0 Å². The van der Waals surface area contributed by atoms with Crippen LogP contribution in [0, 0.1) is 5.92 Å². The van der Waals surface area contributed by atoms with Crippen molar-refractivity contribution < 1.29 is 9.90 Å². The number of rotatable bonds is 2. The molecule has 2 rings (SSSR count). The monoisotopic (exact) mass is 221 g/mol. The molecule has 1 aliphatic heterocycles. The number of nitrogens with zero attached hydrogens (tertiary/aromatic N) is 3. The van der Waals surface area contributed by atoms with Gasteiger partial charge < -0.3 is 10.0 Å². The van der Waals surface area contributed by atoms with Gasteiger partial charge >= 0.3 is 5.97 Å². The van der Waals surface area contributed by atoms with Crippen LogP contribution in [0.4, 0.5) is 5.82 Å². The molecule has 0 aliphatic carbocycles. The number of aliphatic carboxylic acids is 1. The molecule has 0 saturated carbocycles. The summed E-state index contributed by atoms with van der Waals surface area (Å²) < 4.78 is 0. The fourth-order valence-corrected chi connectivity index (χ4v) is 2.10. The Hall–Kier alpha value is -1.65. The molecule has 1 aromatic rings. The zero-order chi connectivity index (χ0) is 11.5. The van der Waals surface area contributed by atoms with E-state index in [-0.39, 0.29) is 0 Å². The number of aromatic nitrogens is 2. The number of piperidine rings is 1. The number of hydrogen-bond donors (Lipinski definition) is 1. The summed E-state index contributed by atoms with van der Waals surface area (Å²) in [7, 11) is 0. The van der Waals surface area contributed by atoms with Gasteiger partial charge in [-0.1, -0.05) is 6.92 Å². The Kier molecular flexibility index (Phi) is 3.03. The average molecular weight is 221 g/mol. The molecule has 2 atom stereocenters. The zero-order valence-electron chi connectivity index (χ0n) is 9.21. The van der Waals surface area contributed by atoms with Gasteiger partial charge in [-0.3, -0.25) is 0 Å². The number of carboxylic acids is 1. The summed E-state index contributed by atoms with van der Waals surface area (Å²) in [4.78, 5) is 21.0. The Morgan fingerprint density at radius 2 is 2.44 bits per heavy atom. The zero-order valence-corrected chi connectivity index (χ0v) is 9.21. The lowest BCUT2D eigenvalue weighted by molar-refractivity contribution is -0.139. The number of carbonyl (C=O) groups is 1. The molecular formula is C11H15N3O2. The van der Waals surface area contributed by atoms with Crippen LogP contribution in [0.1, 0.15) is 19.8 Å². The topological polar surface area (TPSA) is 66.3 Å². The molecule has 1 aromatic heterocycles. The highest BCUT2D eigenvalue weighted by Gasteiger charge is 2.32. The van der Waals surface area contributed by atoms with E-state index in [0.29, 0.717) is 18.2 Å². The lowest BCUT2D eigenvalue weighted by atomic mass is 9.92. The molecule has 0 aromatic carbocycles. The van der Waals surface area contributed by atoms with E-state index in [9.17, 15) is 9.90 Å². The Bertz CT molecular complexity index is 369. The predicted molar refractivity (Wildman–Crippen MR) is 59.2 cm³/mol. The first-order valence-electron chi connectivity index (χ1n) is 5.44. The van der Waals surface area contributed by atoms with E-state index in [1.54, 1.807) is 12.3 Å². The van der Waals surface area contributed by atoms with Crippen molar-refractivity contribution in [2.45, 2.75) is 25.8 Å². The lowest BCUT2D eigenvalue weighted by Crippen LogP contribution is -2.47. The Morgan fingerprint density at radius 3 is 3.06 bits per heavy atom. The van der Waals surface area contributed by atoms with Crippen LogP contribution < -0.4 is 4.90 Å². The van der Waals surface area contributed by atoms with Crippen molar-refractivity contribution >= 4 is 11.8 Å². The molecule has 0 bridgehead atoms. The van der Waals surface area contributed by atoms with Gasteiger partial charge in [-0.05, 0) is 24.8 Å². The third-order valence-corrected chi connectivity index (χ3v) is 3.01. The van der Waals surface area contributed by atoms with Gasteiger partial charge in [0.15, 0.2) is 0 Å². The van der Waals surface area contributed by atoms with E-state index < -0.39 is 12.0 Å². The smallest absolute Gasteiger partial charge is 0.326 e. The molecule has 1 aliphatic rings. The van der Waals surface area contributed by atoms with E-state index in [1.165, 1.54) is 6.33 Å². The third kappa shape index (κ3) is 2.13. The molecule has 0 amide bonds. The fraction of sp³-hybridized carbons (Fsp3) is 0.545. The predicted octanol–water partition coefficient (Wildman–Crippen LogP) is 1.17. The molecule has 0 spiro atoms. The van der Waals surface area contributed by atoms with Gasteiger partial charge in [0.25, 0.3) is 0 Å². The van der Waals surface area contributed by atoms with Crippen molar-refractivity contribution in [3.8, 4) is 0 Å². The summed E-state index contributed by atoms with van der Waals surface area (Å²) in [5.41, 5.74) is 0. The summed E-state index contributed by atoms with van der Waals surface area (Å²) in [6, 6.07) is 1.30. The maximum absolute atomic E-state index is 11.2. The van der Waals surface area contributed by atoms with Crippen molar-refractivity contribution in [2.24, 2.45) is 5.92 Å². The minimum atomic E-state index is -0.773. The van der Waals surface area contributed by atoms with Crippen molar-refractivity contribution in [3.05, 3.63) is 18.6 Å². The van der Waals surface area contributed by atoms with Gasteiger partial charge in [0.2, 0.25) is 0 Å². The molecular weight excluding hydrogens is 206 g/mol. The summed E-state index contributed by atoms with van der Waals surface area (Å²) in [5, 5.41) is 9.20. The van der Waals surface area contributed by atoms with Crippen LogP contribution in [-0.2, 0) is 4.79 Å². The molecule has 2 unspecified atom stereocenters. The number of hydrogen-bond acceptors (Lipinski definition) is 4. The van der Waals surface area contributed by atoms with Crippen LogP contribution >= 0.6 is 0 Å². The van der Waals surface area contributed by atoms with Gasteiger partial charge in [0.1, 0.15) is 18.2 Å². The molecule has 5 nitrogen and oxygen atoms in total. The summed E-state index contributed by atoms with van der Waals surface area (Å²) in [5.74, 6) is 0.388. The van der Waals surface area contributed by atoms with E-state index in [1.807, 2.05) is 4.90 Å². The van der Waals surface area contributed by atoms with Crippen molar-refractivity contribution in [3.63, 3.8) is 0 Å². The van der Waals surface area contributed by atoms with Crippen molar-refractivity contribution in [2.75, 3.05) is 11.4 Å². The Morgan fingerprint density at radius 1 is 1.62 bits per heavy atom. The highest BCUT2D eigenvalue weighted by atomic mass is 16.4. The minimum absolute atomic E-state index is 0.458. The molecule has 1 fully saturated rings. The lowest BCUT2D eigenvalue weighted by Gasteiger charge is -2.36. The van der Waals surface area contributed by atoms with E-state index in [4.69, 9.17) is 0 Å². The highest BCUT2D eigenvalue weighted by molar-refractivity contribution is 5.78. The van der Waals surface area contributed by atoms with E-state index in [0.717, 1.165) is 13.0 Å². The van der Waals surface area contributed by atoms with Gasteiger partial charge in [0.05, 0.1) is 0 Å². The van der Waals surface area contributed by atoms with E-state index >= 15 is 0 Å². The maximum atomic E-state index is 11.2. The Labute approximate surface area is 94.1 Å². The van der Waals surface area contributed by atoms with Crippen LogP contribution in [0.25, 0.3) is 0 Å². The summed E-state index contributed by atoms with van der Waals surface area (Å²) in [6.07, 6.45) is 4.78. The minimum Gasteiger partial charge on any atom is -0.480 e. The van der Waals surface area contributed by atoms with E-state index in [2.05, 4.69) is 16.9 Å². The number of carboxylic acid groups (broad SMARTS) is 1. The molecule has 0 radical (unpaired) electrons. The first-order valence-corrected chi connectivity index (χ1v) is 5.44. The molecule has 5 heteroatoms. The second-order valence-corrected chi connectivity index (χ2v) is 4.24. The van der Waals surface area contributed by atoms with Crippen LogP contribution in [0.2, 0.25) is 0 Å². The largest absolute Gasteiger partial charge is 0.480 e. The molecule has 1 saturated heterocycles. The third-order valence-electron chi connectivity index (χ3n) is 3.01. The first kappa shape index (κ1) is 10.9. The SMILES string of the molecule is CC1CCN(c2ccncn2)C(C(=O)O)C1. The molecule has 16 heavy (non-hydrogen) atoms. The quantitative estimate of drug-likeness (QED) is 0.811. The van der Waals surface area contributed by atoms with Gasteiger partial charge in [-0.15, -0.1) is 0 Å². The standard InChI is InChI=1S/C11H15N3O2/c1-8-3-5-14(9(6-8)11(15)16)10-2-4-12-7-13-10/h2,4,7-9H,3,5-6H2,1H3,(H,15,16). The maximum Gasteiger partial charge on any atom is 0.326 e. The van der Waals surface area contributed by atoms with Crippen LogP contribution in [0.5, 0.6) is 0 Å². The van der Waals surface area contributed by atoms with Gasteiger partial charge in [0, 0.05) is 12.7 Å². The van der Waals surface area contributed by atoms with Crippen molar-refractivity contribution in [1.82, 2.24) is 9.97 Å². The van der Waals surface area contributed by atoms with Gasteiger partial charge in [-0.25, -0.2) is 14.8 Å². The highest BCUT2D eigenvalue weighted by Crippen LogP contribution is 2.26. The molecule has 2 heterocycles. The Balaban J connectivity index is 2.22. The summed E-state index contributed by atoms with van der Waals surface area (Å²) in [6.45, 7) is 2.84. The average Bonchev–Trinajstić information content (AvgIpc) is 2.30. The van der Waals surface area contributed by atoms with Crippen LogP contribution in [0.15, 0.2) is 18.6 Å². The first-order chi connectivity index (χ1) is 7.68. The van der Waals surface area contributed by atoms with Crippen molar-refractivity contribution in [1.29, 1.82) is 0 Å². The van der Waals surface area contributed by atoms with Crippen LogP contribution in [0.3, 0.4) is 0 Å². The second kappa shape index (κ2) is 4.47. The molecule has 86 valence electrons. The number of anilines is 1. The summed E-state index contributed by atoms with van der Waals surface area (Å²) >= 11 is 0. The van der Waals surface area contributed by atoms with Crippen LogP contribution in [-0.4, -0.2) is 33.6 Å². The second-order valence-electron chi connectivity index (χ2n) is 4.24. The molecule has 1 N–H and O–H groups in total.